The highest BCUT2D eigenvalue weighted by atomic mass is 35.5. The number of aromatic nitrogens is 4. The van der Waals surface area contributed by atoms with Crippen LogP contribution in [0.3, 0.4) is 0 Å². The fourth-order valence-corrected chi connectivity index (χ4v) is 3.82. The van der Waals surface area contributed by atoms with Crippen molar-refractivity contribution in [1.82, 2.24) is 19.7 Å². The van der Waals surface area contributed by atoms with E-state index in [1.54, 1.807) is 0 Å². The zero-order valence-corrected chi connectivity index (χ0v) is 17.7. The average Bonchev–Trinajstić information content (AvgIpc) is 3.17. The van der Waals surface area contributed by atoms with Crippen LogP contribution in [0.15, 0.2) is 72.0 Å². The van der Waals surface area contributed by atoms with Crippen molar-refractivity contribution in [2.45, 2.75) is 23.5 Å². The van der Waals surface area contributed by atoms with Gasteiger partial charge in [-0.3, -0.25) is 0 Å². The number of halogens is 1. The number of alkyl halides is 1. The summed E-state index contributed by atoms with van der Waals surface area (Å²) in [6.45, 7) is 1.33. The Morgan fingerprint density at radius 2 is 1.76 bits per heavy atom. The fourth-order valence-electron chi connectivity index (χ4n) is 3.18. The number of nitrogens with one attached hydrogen (secondary N) is 1. The smallest absolute Gasteiger partial charge is 0.191 e. The minimum Gasteiger partial charge on any atom is -0.369 e. The van der Waals surface area contributed by atoms with Crippen molar-refractivity contribution >= 4 is 40.2 Å². The molecule has 0 saturated carbocycles. The van der Waals surface area contributed by atoms with Gasteiger partial charge in [-0.15, -0.1) is 11.6 Å². The molecular formula is C22H22ClN5S. The number of thioether (sulfide) groups is 1. The maximum Gasteiger partial charge on any atom is 0.191 e. The summed E-state index contributed by atoms with van der Waals surface area (Å²) < 4.78 is 1.86. The van der Waals surface area contributed by atoms with Crippen molar-refractivity contribution in [2.75, 3.05) is 18.1 Å². The fraction of sp³-hybridized carbons (Fsp3) is 0.227. The second kappa shape index (κ2) is 9.29. The van der Waals surface area contributed by atoms with Crippen LogP contribution in [0.25, 0.3) is 11.0 Å². The molecule has 1 N–H and O–H groups in total. The van der Waals surface area contributed by atoms with Crippen LogP contribution in [-0.2, 0) is 13.0 Å². The summed E-state index contributed by atoms with van der Waals surface area (Å²) in [5, 5.41) is 9.45. The second-order valence-electron chi connectivity index (χ2n) is 6.66. The number of rotatable bonds is 8. The molecule has 5 nitrogen and oxygen atoms in total. The quantitative estimate of drug-likeness (QED) is 0.240. The Kier molecular flexibility index (Phi) is 6.32. The molecule has 148 valence electrons. The van der Waals surface area contributed by atoms with Crippen LogP contribution in [0, 0.1) is 0 Å². The van der Waals surface area contributed by atoms with E-state index < -0.39 is 0 Å². The first kappa shape index (κ1) is 19.7. The van der Waals surface area contributed by atoms with Crippen molar-refractivity contribution in [3.63, 3.8) is 0 Å². The van der Waals surface area contributed by atoms with Crippen molar-refractivity contribution in [2.24, 2.45) is 0 Å². The predicted molar refractivity (Wildman–Crippen MR) is 121 cm³/mol. The molecule has 0 amide bonds. The number of fused-ring (bicyclic) bond motifs is 1. The van der Waals surface area contributed by atoms with E-state index in [4.69, 9.17) is 11.6 Å². The van der Waals surface area contributed by atoms with Crippen molar-refractivity contribution in [1.29, 1.82) is 0 Å². The summed E-state index contributed by atoms with van der Waals surface area (Å²) >= 11 is 8.16. The lowest BCUT2D eigenvalue weighted by molar-refractivity contribution is 0.613. The van der Waals surface area contributed by atoms with Gasteiger partial charge in [0.2, 0.25) is 0 Å². The first-order chi connectivity index (χ1) is 14.2. The monoisotopic (exact) mass is 423 g/mol. The lowest BCUT2D eigenvalue weighted by Crippen LogP contribution is -2.09. The zero-order chi connectivity index (χ0) is 20.1. The van der Waals surface area contributed by atoms with Gasteiger partial charge < -0.3 is 5.32 Å². The Morgan fingerprint density at radius 3 is 2.48 bits per heavy atom. The van der Waals surface area contributed by atoms with Gasteiger partial charge in [-0.2, -0.15) is 5.10 Å². The van der Waals surface area contributed by atoms with Gasteiger partial charge in [0.25, 0.3) is 0 Å². The van der Waals surface area contributed by atoms with Gasteiger partial charge in [0.1, 0.15) is 5.82 Å². The van der Waals surface area contributed by atoms with Crippen LogP contribution >= 0.6 is 23.4 Å². The average molecular weight is 424 g/mol. The first-order valence-electron chi connectivity index (χ1n) is 9.49. The van der Waals surface area contributed by atoms with Crippen LogP contribution in [0.4, 0.5) is 5.82 Å². The maximum atomic E-state index is 6.64. The standard InChI is InChI=1S/C22H22ClN5S/c1-29-22-26-20(24-13-12-16-8-4-2-5-9-16)18-14-25-28(21(18)27-22)15-19(23)17-10-6-3-7-11-17/h2-11,14,19H,12-13,15H2,1H3,(H,24,26,27)/t19-/m1/s1. The van der Waals surface area contributed by atoms with E-state index >= 15 is 0 Å². The molecule has 0 fully saturated rings. The lowest BCUT2D eigenvalue weighted by Gasteiger charge is -2.12. The molecule has 0 aliphatic carbocycles. The molecular weight excluding hydrogens is 402 g/mol. The van der Waals surface area contributed by atoms with Crippen molar-refractivity contribution in [3.8, 4) is 0 Å². The molecule has 0 unspecified atom stereocenters. The molecule has 2 aromatic heterocycles. The molecule has 0 saturated heterocycles. The molecule has 0 spiro atoms. The molecule has 0 bridgehead atoms. The van der Waals surface area contributed by atoms with Crippen LogP contribution < -0.4 is 5.32 Å². The molecule has 29 heavy (non-hydrogen) atoms. The highest BCUT2D eigenvalue weighted by Crippen LogP contribution is 2.27. The number of benzene rings is 2. The minimum atomic E-state index is -0.179. The van der Waals surface area contributed by atoms with E-state index in [1.165, 1.54) is 17.3 Å². The van der Waals surface area contributed by atoms with Gasteiger partial charge in [-0.25, -0.2) is 14.6 Å². The number of hydrogen-bond acceptors (Lipinski definition) is 5. The van der Waals surface area contributed by atoms with Gasteiger partial charge in [0.05, 0.1) is 23.5 Å². The van der Waals surface area contributed by atoms with Crippen LogP contribution in [0.1, 0.15) is 16.5 Å². The molecule has 0 radical (unpaired) electrons. The molecule has 0 aliphatic rings. The third kappa shape index (κ3) is 4.71. The molecule has 4 rings (SSSR count). The van der Waals surface area contributed by atoms with E-state index in [0.717, 1.165) is 35.4 Å². The van der Waals surface area contributed by atoms with E-state index in [0.29, 0.717) is 11.7 Å². The van der Waals surface area contributed by atoms with Gasteiger partial charge in [-0.05, 0) is 23.8 Å². The summed E-state index contributed by atoms with van der Waals surface area (Å²) in [6.07, 6.45) is 4.72. The molecule has 2 aromatic carbocycles. The number of hydrogen-bond donors (Lipinski definition) is 1. The molecule has 2 heterocycles. The zero-order valence-electron chi connectivity index (χ0n) is 16.1. The highest BCUT2D eigenvalue weighted by Gasteiger charge is 2.16. The summed E-state index contributed by atoms with van der Waals surface area (Å²) in [5.74, 6) is 0.812. The summed E-state index contributed by atoms with van der Waals surface area (Å²) in [6, 6.07) is 20.4. The molecule has 7 heteroatoms. The molecule has 1 atom stereocenters. The topological polar surface area (TPSA) is 55.6 Å². The van der Waals surface area contributed by atoms with Crippen LogP contribution in [0.2, 0.25) is 0 Å². The lowest BCUT2D eigenvalue weighted by atomic mass is 10.1. The van der Waals surface area contributed by atoms with Gasteiger partial charge >= 0.3 is 0 Å². The van der Waals surface area contributed by atoms with E-state index in [2.05, 4.69) is 44.6 Å². The normalized spacial score (nSPS) is 12.2. The number of nitrogens with zero attached hydrogens (tertiary/aromatic N) is 4. The number of anilines is 1. The van der Waals surface area contributed by atoms with E-state index in [-0.39, 0.29) is 5.38 Å². The Labute approximate surface area is 179 Å². The van der Waals surface area contributed by atoms with Crippen molar-refractivity contribution < 1.29 is 0 Å². The van der Waals surface area contributed by atoms with Gasteiger partial charge in [0, 0.05) is 6.54 Å². The Bertz CT molecular complexity index is 1070. The second-order valence-corrected chi connectivity index (χ2v) is 7.96. The molecule has 4 aromatic rings. The Morgan fingerprint density at radius 1 is 1.03 bits per heavy atom. The highest BCUT2D eigenvalue weighted by molar-refractivity contribution is 7.98. The van der Waals surface area contributed by atoms with E-state index in [1.807, 2.05) is 53.5 Å². The Balaban J connectivity index is 1.56. The van der Waals surface area contributed by atoms with E-state index in [9.17, 15) is 0 Å². The van der Waals surface area contributed by atoms with Gasteiger partial charge in [-0.1, -0.05) is 72.4 Å². The minimum absolute atomic E-state index is 0.179. The third-order valence-corrected chi connectivity index (χ3v) is 5.64. The third-order valence-electron chi connectivity index (χ3n) is 4.70. The largest absolute Gasteiger partial charge is 0.369 e. The Hall–Kier alpha value is -2.57. The summed E-state index contributed by atoms with van der Waals surface area (Å²) in [7, 11) is 0. The van der Waals surface area contributed by atoms with Crippen LogP contribution in [0.5, 0.6) is 0 Å². The SMILES string of the molecule is CSc1nc(NCCc2ccccc2)c2cnn(C[C@@H](Cl)c3ccccc3)c2n1. The first-order valence-corrected chi connectivity index (χ1v) is 11.1. The van der Waals surface area contributed by atoms with Crippen LogP contribution in [-0.4, -0.2) is 32.5 Å². The maximum absolute atomic E-state index is 6.64. The summed E-state index contributed by atoms with van der Waals surface area (Å²) in [5.41, 5.74) is 3.16. The van der Waals surface area contributed by atoms with Crippen molar-refractivity contribution in [3.05, 3.63) is 78.0 Å². The molecule has 0 aliphatic heterocycles. The summed E-state index contributed by atoms with van der Waals surface area (Å²) in [4.78, 5) is 9.34. The predicted octanol–water partition coefficient (Wildman–Crippen LogP) is 5.18. The van der Waals surface area contributed by atoms with Gasteiger partial charge in [0.15, 0.2) is 10.8 Å².